The number of aldehydes is 2. The molecule has 0 fully saturated rings. The SMILES string of the molecule is C.CC([P+](C)=O)[P+](C)=O.O=C(Cc1ccccc1S(=O)(=O)c1ccc(Oc2ccccc2)cc1)NO.O=Cc1ccccc1F.O=Cc1ccccc1Sc1ccc(Oc2ccccc2)cc1.O=S(=O)(c1ccccc1)c1ccccc1CC(O)O.OC(O)Cc1ccccc1Sc1ccccc1.Oc1ccccc1.Oc1ccccc1. The zero-order chi connectivity index (χ0) is 84.1. The second kappa shape index (κ2) is 52.1. The van der Waals surface area contributed by atoms with Crippen LogP contribution in [0.15, 0.2) is 391 Å². The highest BCUT2D eigenvalue weighted by atomic mass is 32.2. The number of hydrogen-bond donors (Lipinski definition) is 8. The van der Waals surface area contributed by atoms with Crippen molar-refractivity contribution in [2.75, 3.05) is 13.3 Å². The standard InChI is InChI=1S/C20H17NO5S.C19H14O2S.C14H14O4S.C14H14O2S.C7H5FO.2C6H6O.C4H10O2P2.CH4/c22-20(21-23)14-15-6-4-5-9-19(15)27(24,25)18-12-10-17(11-13-18)26-16-7-2-1-3-8-16;20-14-15-6-4-5-9-19(15)22-18-12-10-17(11-13-18)21-16-7-2-1-3-8-16;15-14(16)10-11-6-4-5-9-13(11)19(17,18)12-7-2-1-3-8-12;15-14(16)10-11-6-4-5-9-13(11)17-12-7-2-1-3-8-12;8-7-4-2-1-3-6(7)5-9;2*7-6-4-2-1-3-5-6;1-4(7(2)5)8(3)6;/h1-13,23H,14H2,(H,21,22);1-14H;1-9,14-16H,10H2;1-9,14-16H,10H2;1-5H;2*1-5,7H;4H,1-3H3;1H4/q;;;;;;;+2;. The summed E-state index contributed by atoms with van der Waals surface area (Å²) in [6.07, 6.45) is -1.61. The van der Waals surface area contributed by atoms with Gasteiger partial charge < -0.3 is 40.1 Å². The van der Waals surface area contributed by atoms with Crippen molar-refractivity contribution in [1.29, 1.82) is 0 Å². The Labute approximate surface area is 692 Å². The molecule has 0 saturated heterocycles. The van der Waals surface area contributed by atoms with Crippen molar-refractivity contribution < 1.29 is 90.1 Å². The van der Waals surface area contributed by atoms with E-state index in [1.54, 1.807) is 177 Å². The van der Waals surface area contributed by atoms with Crippen molar-refractivity contribution in [1.82, 2.24) is 5.48 Å². The van der Waals surface area contributed by atoms with Crippen LogP contribution in [0.5, 0.6) is 34.5 Å². The third-order valence-electron chi connectivity index (χ3n) is 15.6. The molecule has 8 N–H and O–H groups in total. The van der Waals surface area contributed by atoms with E-state index in [0.29, 0.717) is 46.0 Å². The highest BCUT2D eigenvalue weighted by Crippen LogP contribution is 2.39. The fourth-order valence-corrected chi connectivity index (χ4v) is 16.4. The largest absolute Gasteiger partial charge is 0.508 e. The van der Waals surface area contributed by atoms with Gasteiger partial charge in [0.2, 0.25) is 25.6 Å². The molecule has 0 aromatic heterocycles. The number of hydroxylamine groups is 1. The molecule has 0 bridgehead atoms. The Balaban J connectivity index is 0.000000249. The summed E-state index contributed by atoms with van der Waals surface area (Å²) in [5, 5.41) is 62.0. The van der Waals surface area contributed by atoms with E-state index in [9.17, 15) is 44.7 Å². The second-order valence-electron chi connectivity index (χ2n) is 24.2. The van der Waals surface area contributed by atoms with Crippen LogP contribution in [0, 0.1) is 5.82 Å². The lowest BCUT2D eigenvalue weighted by atomic mass is 10.1. The van der Waals surface area contributed by atoms with Crippen LogP contribution in [0.25, 0.3) is 0 Å². The van der Waals surface area contributed by atoms with Crippen molar-refractivity contribution in [3.63, 3.8) is 0 Å². The summed E-state index contributed by atoms with van der Waals surface area (Å²) in [6, 6.07) is 102. The fourth-order valence-electron chi connectivity index (χ4n) is 9.66. The molecular formula is C91H90FNO18P2S4+2. The third-order valence-corrected chi connectivity index (χ3v) is 25.6. The molecule has 26 heteroatoms. The maximum absolute atomic E-state index is 13.0. The molecule has 2 atom stereocenters. The van der Waals surface area contributed by atoms with E-state index in [-0.39, 0.29) is 57.2 Å². The summed E-state index contributed by atoms with van der Waals surface area (Å²) in [4.78, 5) is 37.1. The van der Waals surface area contributed by atoms with Gasteiger partial charge in [-0.05, 0) is 174 Å². The number of halogens is 1. The van der Waals surface area contributed by atoms with Crippen molar-refractivity contribution >= 4 is 77.3 Å². The average molecular weight is 1690 g/mol. The topological polar surface area (TPSA) is 326 Å². The first kappa shape index (κ1) is 96.0. The van der Waals surface area contributed by atoms with Crippen LogP contribution in [-0.4, -0.2) is 102 Å². The number of aliphatic hydroxyl groups excluding tert-OH is 2. The number of benzene rings is 13. The van der Waals surface area contributed by atoms with Gasteiger partial charge in [0, 0.05) is 44.9 Å². The van der Waals surface area contributed by atoms with E-state index in [1.165, 1.54) is 60.1 Å². The summed E-state index contributed by atoms with van der Waals surface area (Å²) in [6.45, 7) is 4.96. The number of sulfone groups is 2. The van der Waals surface area contributed by atoms with Gasteiger partial charge in [-0.25, -0.2) is 26.7 Å². The number of aromatic hydroxyl groups is 2. The fraction of sp³-hybridized carbons (Fsp3) is 0.110. The molecule has 0 saturated carbocycles. The number of phenols is 2. The van der Waals surface area contributed by atoms with E-state index < -0.39 is 59.6 Å². The lowest BCUT2D eigenvalue weighted by molar-refractivity contribution is -0.128. The number of ether oxygens (including phenoxy) is 2. The van der Waals surface area contributed by atoms with Crippen LogP contribution in [0.1, 0.15) is 51.8 Å². The lowest BCUT2D eigenvalue weighted by Gasteiger charge is -2.11. The van der Waals surface area contributed by atoms with Crippen molar-refractivity contribution in [3.05, 3.63) is 385 Å². The number of aliphatic hydroxyl groups is 4. The first-order valence-electron chi connectivity index (χ1n) is 35.3. The van der Waals surface area contributed by atoms with E-state index >= 15 is 0 Å². The van der Waals surface area contributed by atoms with E-state index in [4.69, 9.17) is 45.3 Å². The Morgan fingerprint density at radius 3 is 1.15 bits per heavy atom. The van der Waals surface area contributed by atoms with Crippen LogP contribution < -0.4 is 15.0 Å². The molecule has 117 heavy (non-hydrogen) atoms. The number of rotatable bonds is 22. The highest BCUT2D eigenvalue weighted by molar-refractivity contribution is 7.99. The summed E-state index contributed by atoms with van der Waals surface area (Å²) in [5.41, 5.74) is 3.97. The third kappa shape index (κ3) is 34.8. The van der Waals surface area contributed by atoms with Gasteiger partial charge in [-0.2, -0.15) is 0 Å². The van der Waals surface area contributed by atoms with E-state index in [2.05, 4.69) is 0 Å². The number of nitrogens with one attached hydrogen (secondary N) is 1. The molecule has 606 valence electrons. The quantitative estimate of drug-likeness (QED) is 0.0103. The van der Waals surface area contributed by atoms with Crippen molar-refractivity contribution in [2.24, 2.45) is 0 Å². The van der Waals surface area contributed by atoms with Gasteiger partial charge in [0.1, 0.15) is 53.6 Å². The number of hydrogen-bond acceptors (Lipinski definition) is 20. The van der Waals surface area contributed by atoms with Crippen LogP contribution >= 0.6 is 39.1 Å². The van der Waals surface area contributed by atoms with Gasteiger partial charge >= 0.3 is 21.0 Å². The summed E-state index contributed by atoms with van der Waals surface area (Å²) >= 11 is 3.20. The molecule has 1 amide bonds. The number of carbonyl (C=O) groups is 3. The van der Waals surface area contributed by atoms with Gasteiger partial charge in [0.15, 0.2) is 25.2 Å². The average Bonchev–Trinajstić information content (AvgIpc) is 0.786. The Bertz CT molecular complexity index is 5320. The second-order valence-corrected chi connectivity index (χ2v) is 34.4. The number of para-hydroxylation sites is 4. The van der Waals surface area contributed by atoms with Gasteiger partial charge in [0.05, 0.1) is 31.6 Å². The van der Waals surface area contributed by atoms with Crippen molar-refractivity contribution in [2.45, 2.75) is 90.8 Å². The summed E-state index contributed by atoms with van der Waals surface area (Å²) in [5.74, 6) is 2.25. The lowest BCUT2D eigenvalue weighted by Crippen LogP contribution is -2.21. The maximum Gasteiger partial charge on any atom is 0.389 e. The van der Waals surface area contributed by atoms with E-state index in [0.717, 1.165) is 42.9 Å². The Kier molecular flexibility index (Phi) is 42.7. The molecule has 13 rings (SSSR count). The van der Waals surface area contributed by atoms with Crippen molar-refractivity contribution in [3.8, 4) is 34.5 Å². The molecular weight excluding hydrogens is 1600 g/mol. The summed E-state index contributed by atoms with van der Waals surface area (Å²) in [7, 11) is -9.94. The molecule has 2 unspecified atom stereocenters. The molecule has 0 aliphatic rings. The van der Waals surface area contributed by atoms with Gasteiger partial charge in [0.25, 0.3) is 0 Å². The molecule has 13 aromatic rings. The molecule has 19 nitrogen and oxygen atoms in total. The molecule has 0 radical (unpaired) electrons. The maximum atomic E-state index is 13.0. The van der Waals surface area contributed by atoms with E-state index in [1.807, 2.05) is 164 Å². The molecule has 0 spiro atoms. The normalized spacial score (nSPS) is 10.8. The predicted molar refractivity (Wildman–Crippen MR) is 458 cm³/mol. The minimum atomic E-state index is -3.83. The summed E-state index contributed by atoms with van der Waals surface area (Å²) < 4.78 is 95.8. The highest BCUT2D eigenvalue weighted by Gasteiger charge is 2.34. The first-order valence-corrected chi connectivity index (χ1v) is 43.5. The van der Waals surface area contributed by atoms with Crippen LogP contribution in [0.3, 0.4) is 0 Å². The van der Waals surface area contributed by atoms with Crippen LogP contribution in [-0.2, 0) is 52.9 Å². The monoisotopic (exact) mass is 1690 g/mol. The zero-order valence-corrected chi connectivity index (χ0v) is 68.1. The molecule has 0 heterocycles. The predicted octanol–water partition coefficient (Wildman–Crippen LogP) is 20.2. The first-order chi connectivity index (χ1) is 55.8. The minimum Gasteiger partial charge on any atom is -0.508 e. The number of phenolic OH excluding ortho intramolecular Hbond substituents is 2. The van der Waals surface area contributed by atoms with Gasteiger partial charge in [-0.1, -0.05) is 234 Å². The number of carbonyl (C=O) groups excluding carboxylic acids is 3. The molecule has 0 aliphatic heterocycles. The zero-order valence-electron chi connectivity index (χ0n) is 63.0. The smallest absolute Gasteiger partial charge is 0.389 e. The molecule has 0 aliphatic carbocycles. The minimum absolute atomic E-state index is 0. The van der Waals surface area contributed by atoms with Crippen LogP contribution in [0.4, 0.5) is 4.39 Å². The molecule has 13 aromatic carbocycles. The Morgan fingerprint density at radius 1 is 0.410 bits per heavy atom. The van der Waals surface area contributed by atoms with Gasteiger partial charge in [-0.15, -0.1) is 0 Å². The Hall–Kier alpha value is -11.6. The van der Waals surface area contributed by atoms with Crippen LogP contribution in [0.2, 0.25) is 0 Å². The van der Waals surface area contributed by atoms with Gasteiger partial charge in [-0.3, -0.25) is 19.6 Å². The Morgan fingerprint density at radius 2 is 0.735 bits per heavy atom. The number of amides is 1.